The molecular formula is C19H20N4O4S. The van der Waals surface area contributed by atoms with Crippen molar-refractivity contribution in [3.05, 3.63) is 48.9 Å². The summed E-state index contributed by atoms with van der Waals surface area (Å²) in [5.74, 6) is 0.120. The van der Waals surface area contributed by atoms with Gasteiger partial charge in [0.1, 0.15) is 11.9 Å². The van der Waals surface area contributed by atoms with Crippen LogP contribution in [0.1, 0.15) is 20.8 Å². The molecule has 2 aromatic heterocycles. The average Bonchev–Trinajstić information content (AvgIpc) is 3.28. The molecule has 0 aliphatic carbocycles. The average molecular weight is 400 g/mol. The van der Waals surface area contributed by atoms with Crippen LogP contribution in [0.4, 0.5) is 10.5 Å². The number of anilines is 1. The second kappa shape index (κ2) is 8.30. The van der Waals surface area contributed by atoms with Crippen molar-refractivity contribution in [1.29, 1.82) is 0 Å². The largest absolute Gasteiger partial charge is 0.472 e. The molecular weight excluding hydrogens is 380 g/mol. The highest BCUT2D eigenvalue weighted by molar-refractivity contribution is 7.99. The lowest BCUT2D eigenvalue weighted by molar-refractivity contribution is -0.113. The van der Waals surface area contributed by atoms with Crippen LogP contribution in [0.2, 0.25) is 0 Å². The Morgan fingerprint density at radius 3 is 2.57 bits per heavy atom. The predicted molar refractivity (Wildman–Crippen MR) is 105 cm³/mol. The van der Waals surface area contributed by atoms with Crippen LogP contribution in [0, 0.1) is 0 Å². The maximum absolute atomic E-state index is 12.7. The molecule has 0 fully saturated rings. The molecule has 0 atom stereocenters. The molecule has 8 nitrogen and oxygen atoms in total. The third kappa shape index (κ3) is 5.01. The third-order valence-electron chi connectivity index (χ3n) is 3.38. The molecule has 146 valence electrons. The highest BCUT2D eigenvalue weighted by atomic mass is 32.2. The van der Waals surface area contributed by atoms with Gasteiger partial charge in [0, 0.05) is 5.69 Å². The van der Waals surface area contributed by atoms with E-state index in [2.05, 4.69) is 15.5 Å². The molecule has 0 saturated heterocycles. The van der Waals surface area contributed by atoms with Crippen molar-refractivity contribution >= 4 is 29.4 Å². The number of ether oxygens (including phenoxy) is 1. The van der Waals surface area contributed by atoms with E-state index in [0.717, 1.165) is 11.8 Å². The summed E-state index contributed by atoms with van der Waals surface area (Å²) in [6.07, 6.45) is 2.31. The quantitative estimate of drug-likeness (QED) is 0.645. The standard InChI is InChI=1S/C19H20N4O4S/c1-19(2,3)27-18(25)23-16(13-9-10-26-11-13)21-22-17(23)28-12-15(24)20-14-7-5-4-6-8-14/h4-11H,12H2,1-3H3,(H,20,24). The van der Waals surface area contributed by atoms with Gasteiger partial charge in [-0.3, -0.25) is 4.79 Å². The maximum Gasteiger partial charge on any atom is 0.422 e. The lowest BCUT2D eigenvalue weighted by atomic mass is 10.2. The van der Waals surface area contributed by atoms with Gasteiger partial charge in [-0.05, 0) is 39.0 Å². The predicted octanol–water partition coefficient (Wildman–Crippen LogP) is 4.05. The lowest BCUT2D eigenvalue weighted by Crippen LogP contribution is -2.28. The van der Waals surface area contributed by atoms with Crippen molar-refractivity contribution in [2.45, 2.75) is 31.5 Å². The van der Waals surface area contributed by atoms with E-state index in [1.165, 1.54) is 17.1 Å². The van der Waals surface area contributed by atoms with Crippen molar-refractivity contribution in [1.82, 2.24) is 14.8 Å². The van der Waals surface area contributed by atoms with E-state index < -0.39 is 11.7 Å². The van der Waals surface area contributed by atoms with Crippen molar-refractivity contribution in [2.75, 3.05) is 11.1 Å². The van der Waals surface area contributed by atoms with Crippen molar-refractivity contribution in [3.8, 4) is 11.4 Å². The molecule has 0 aliphatic rings. The Morgan fingerprint density at radius 1 is 1.18 bits per heavy atom. The summed E-state index contributed by atoms with van der Waals surface area (Å²) in [5, 5.41) is 11.2. The molecule has 0 saturated carbocycles. The van der Waals surface area contributed by atoms with E-state index in [0.29, 0.717) is 11.3 Å². The first-order valence-electron chi connectivity index (χ1n) is 8.52. The van der Waals surface area contributed by atoms with Crippen molar-refractivity contribution in [3.63, 3.8) is 0 Å². The van der Waals surface area contributed by atoms with Gasteiger partial charge >= 0.3 is 6.09 Å². The molecule has 1 N–H and O–H groups in total. The highest BCUT2D eigenvalue weighted by Gasteiger charge is 2.26. The minimum Gasteiger partial charge on any atom is -0.472 e. The first kappa shape index (κ1) is 19.7. The highest BCUT2D eigenvalue weighted by Crippen LogP contribution is 2.26. The van der Waals surface area contributed by atoms with Crippen LogP contribution < -0.4 is 5.32 Å². The summed E-state index contributed by atoms with van der Waals surface area (Å²) in [5.41, 5.74) is 0.585. The molecule has 0 spiro atoms. The third-order valence-corrected chi connectivity index (χ3v) is 4.31. The Morgan fingerprint density at radius 2 is 1.93 bits per heavy atom. The summed E-state index contributed by atoms with van der Waals surface area (Å²) >= 11 is 1.09. The van der Waals surface area contributed by atoms with E-state index >= 15 is 0 Å². The fourth-order valence-electron chi connectivity index (χ4n) is 2.26. The molecule has 1 amide bonds. The van der Waals surface area contributed by atoms with Crippen LogP contribution in [0.25, 0.3) is 11.4 Å². The fraction of sp³-hybridized carbons (Fsp3) is 0.263. The molecule has 1 aromatic carbocycles. The molecule has 28 heavy (non-hydrogen) atoms. The number of nitrogens with zero attached hydrogens (tertiary/aromatic N) is 3. The van der Waals surface area contributed by atoms with E-state index in [9.17, 15) is 9.59 Å². The zero-order chi connectivity index (χ0) is 20.1. The molecule has 0 bridgehead atoms. The molecule has 0 unspecified atom stereocenters. The van der Waals surface area contributed by atoms with Crippen LogP contribution in [-0.2, 0) is 9.53 Å². The number of rotatable bonds is 5. The topological polar surface area (TPSA) is 99.2 Å². The lowest BCUT2D eigenvalue weighted by Gasteiger charge is -2.20. The van der Waals surface area contributed by atoms with E-state index in [1.54, 1.807) is 39.0 Å². The number of furan rings is 1. The number of aromatic nitrogens is 3. The number of carbonyl (C=O) groups excluding carboxylic acids is 2. The minimum absolute atomic E-state index is 0.0568. The molecule has 0 radical (unpaired) electrons. The number of hydrogen-bond acceptors (Lipinski definition) is 7. The number of para-hydroxylation sites is 1. The van der Waals surface area contributed by atoms with Gasteiger partial charge in [-0.2, -0.15) is 0 Å². The Kier molecular flexibility index (Phi) is 5.84. The van der Waals surface area contributed by atoms with Gasteiger partial charge in [0.05, 0.1) is 17.6 Å². The minimum atomic E-state index is -0.693. The summed E-state index contributed by atoms with van der Waals surface area (Å²) in [6.45, 7) is 5.31. The van der Waals surface area contributed by atoms with Crippen molar-refractivity contribution in [2.24, 2.45) is 0 Å². The number of nitrogens with one attached hydrogen (secondary N) is 1. The summed E-state index contributed by atoms with van der Waals surface area (Å²) < 4.78 is 11.8. The van der Waals surface area contributed by atoms with Crippen molar-refractivity contribution < 1.29 is 18.7 Å². The van der Waals surface area contributed by atoms with Crippen LogP contribution >= 0.6 is 11.8 Å². The Hall–Kier alpha value is -3.07. The van der Waals surface area contributed by atoms with E-state index in [1.807, 2.05) is 18.2 Å². The molecule has 9 heteroatoms. The van der Waals surface area contributed by atoms with Crippen LogP contribution in [0.3, 0.4) is 0 Å². The van der Waals surface area contributed by atoms with Gasteiger partial charge in [-0.25, -0.2) is 9.36 Å². The van der Waals surface area contributed by atoms with Gasteiger partial charge in [-0.1, -0.05) is 30.0 Å². The first-order chi connectivity index (χ1) is 13.3. The molecule has 3 aromatic rings. The second-order valence-electron chi connectivity index (χ2n) is 6.84. The number of thioether (sulfide) groups is 1. The molecule has 0 aliphatic heterocycles. The van der Waals surface area contributed by atoms with Crippen LogP contribution in [0.15, 0.2) is 58.5 Å². The van der Waals surface area contributed by atoms with Crippen LogP contribution in [0.5, 0.6) is 0 Å². The fourth-order valence-corrected chi connectivity index (χ4v) is 2.98. The van der Waals surface area contributed by atoms with E-state index in [-0.39, 0.29) is 22.6 Å². The first-order valence-corrected chi connectivity index (χ1v) is 9.51. The molecule has 2 heterocycles. The molecule has 3 rings (SSSR count). The van der Waals surface area contributed by atoms with Gasteiger partial charge in [0.2, 0.25) is 11.1 Å². The van der Waals surface area contributed by atoms with Gasteiger partial charge in [-0.15, -0.1) is 10.2 Å². The van der Waals surface area contributed by atoms with E-state index in [4.69, 9.17) is 9.15 Å². The summed E-state index contributed by atoms with van der Waals surface area (Å²) in [4.78, 5) is 24.9. The Bertz CT molecular complexity index is 946. The number of benzene rings is 1. The zero-order valence-corrected chi connectivity index (χ0v) is 16.5. The summed E-state index contributed by atoms with van der Waals surface area (Å²) in [7, 11) is 0. The summed E-state index contributed by atoms with van der Waals surface area (Å²) in [6, 6.07) is 10.8. The smallest absolute Gasteiger partial charge is 0.422 e. The van der Waals surface area contributed by atoms with Gasteiger partial charge in [0.25, 0.3) is 0 Å². The SMILES string of the molecule is CC(C)(C)OC(=O)n1c(SCC(=O)Nc2ccccc2)nnc1-c1ccoc1. The van der Waals surface area contributed by atoms with Crippen LogP contribution in [-0.4, -0.2) is 38.1 Å². The normalized spacial score (nSPS) is 11.2. The van der Waals surface area contributed by atoms with Gasteiger partial charge in [0.15, 0.2) is 5.82 Å². The Balaban J connectivity index is 1.78. The zero-order valence-electron chi connectivity index (χ0n) is 15.7. The number of carbonyl (C=O) groups is 2. The Labute approximate surface area is 166 Å². The number of hydrogen-bond donors (Lipinski definition) is 1. The second-order valence-corrected chi connectivity index (χ2v) is 7.78. The monoisotopic (exact) mass is 400 g/mol. The maximum atomic E-state index is 12.7. The number of amides is 1. The van der Waals surface area contributed by atoms with Gasteiger partial charge < -0.3 is 14.5 Å².